The van der Waals surface area contributed by atoms with Crippen LogP contribution >= 0.6 is 11.6 Å². The van der Waals surface area contributed by atoms with E-state index in [1.807, 2.05) is 35.9 Å². The number of carbonyl (C=O) groups is 2. The fourth-order valence-corrected chi connectivity index (χ4v) is 5.59. The van der Waals surface area contributed by atoms with Crippen LogP contribution in [0.5, 0.6) is 0 Å². The number of carboxylic acid groups (broad SMARTS) is 1. The zero-order valence-corrected chi connectivity index (χ0v) is 22.0. The molecular weight excluding hydrogens is 490 g/mol. The summed E-state index contributed by atoms with van der Waals surface area (Å²) in [6.45, 7) is 2.32. The van der Waals surface area contributed by atoms with Crippen molar-refractivity contribution in [2.24, 2.45) is 18.9 Å². The number of halogens is 1. The van der Waals surface area contributed by atoms with Gasteiger partial charge in [-0.1, -0.05) is 30.7 Å². The van der Waals surface area contributed by atoms with E-state index >= 15 is 0 Å². The molecule has 1 N–H and O–H groups in total. The number of hydrogen-bond acceptors (Lipinski definition) is 5. The molecule has 0 saturated heterocycles. The fraction of sp³-hybridized carbons (Fsp3) is 0.448. The van der Waals surface area contributed by atoms with Crippen LogP contribution in [0, 0.1) is 23.2 Å². The van der Waals surface area contributed by atoms with E-state index < -0.39 is 5.97 Å². The minimum absolute atomic E-state index is 0.0628. The summed E-state index contributed by atoms with van der Waals surface area (Å²) < 4.78 is 8.12. The standard InChI is InChI=1S/C29H32ClN3O4/c1-18(11-27(35)36)10-26(34)28-24-13-21(15-31)16-32-29(24)33(2)25(28)14-19-6-8-23(9-7-19)37-17-20-4-3-5-22(30)12-20/h3-5,12-13,16,18-19,23H,6-11,14,17H2,1-2H3,(H,35,36). The third-order valence-corrected chi connectivity index (χ3v) is 7.50. The van der Waals surface area contributed by atoms with Crippen molar-refractivity contribution in [1.82, 2.24) is 9.55 Å². The number of rotatable bonds is 10. The Kier molecular flexibility index (Phi) is 8.63. The molecule has 37 heavy (non-hydrogen) atoms. The lowest BCUT2D eigenvalue weighted by molar-refractivity contribution is -0.137. The van der Waals surface area contributed by atoms with Crippen molar-refractivity contribution in [1.29, 1.82) is 5.26 Å². The Bertz CT molecular complexity index is 1330. The number of pyridine rings is 1. The van der Waals surface area contributed by atoms with Gasteiger partial charge in [0.25, 0.3) is 0 Å². The maximum absolute atomic E-state index is 13.5. The Morgan fingerprint density at radius 1 is 1.24 bits per heavy atom. The number of nitrogens with zero attached hydrogens (tertiary/aromatic N) is 3. The van der Waals surface area contributed by atoms with E-state index in [4.69, 9.17) is 21.4 Å². The number of carbonyl (C=O) groups excluding carboxylic acids is 1. The molecule has 0 spiro atoms. The Balaban J connectivity index is 1.49. The minimum atomic E-state index is -0.916. The molecular formula is C29H32ClN3O4. The lowest BCUT2D eigenvalue weighted by Crippen LogP contribution is -2.24. The molecule has 1 unspecified atom stereocenters. The molecule has 2 heterocycles. The zero-order valence-electron chi connectivity index (χ0n) is 21.2. The zero-order chi connectivity index (χ0) is 26.5. The monoisotopic (exact) mass is 521 g/mol. The summed E-state index contributed by atoms with van der Waals surface area (Å²) in [6.07, 6.45) is 6.39. The quantitative estimate of drug-likeness (QED) is 0.323. The van der Waals surface area contributed by atoms with Crippen LogP contribution < -0.4 is 0 Å². The van der Waals surface area contributed by atoms with Crippen LogP contribution in [-0.4, -0.2) is 32.5 Å². The molecule has 7 nitrogen and oxygen atoms in total. The number of benzene rings is 1. The molecule has 194 valence electrons. The van der Waals surface area contributed by atoms with Gasteiger partial charge in [-0.25, -0.2) is 4.98 Å². The lowest BCUT2D eigenvalue weighted by atomic mass is 9.83. The molecule has 0 amide bonds. The van der Waals surface area contributed by atoms with Gasteiger partial charge in [-0.2, -0.15) is 5.26 Å². The van der Waals surface area contributed by atoms with E-state index in [1.165, 1.54) is 6.20 Å². The van der Waals surface area contributed by atoms with Gasteiger partial charge in [0, 0.05) is 47.8 Å². The SMILES string of the molecule is CC(CC(=O)O)CC(=O)c1c(CC2CCC(OCc3cccc(Cl)c3)CC2)n(C)c2ncc(C#N)cc12. The first-order valence-corrected chi connectivity index (χ1v) is 13.1. The first-order chi connectivity index (χ1) is 17.7. The third kappa shape index (κ3) is 6.57. The molecule has 1 aliphatic carbocycles. The van der Waals surface area contributed by atoms with Gasteiger partial charge in [-0.05, 0) is 67.7 Å². The van der Waals surface area contributed by atoms with Gasteiger partial charge in [0.05, 0.1) is 18.3 Å². The molecule has 1 saturated carbocycles. The van der Waals surface area contributed by atoms with Crippen LogP contribution in [0.25, 0.3) is 11.0 Å². The Labute approximate surface area is 222 Å². The van der Waals surface area contributed by atoms with E-state index in [2.05, 4.69) is 11.1 Å². The van der Waals surface area contributed by atoms with Crippen molar-refractivity contribution in [2.75, 3.05) is 0 Å². The van der Waals surface area contributed by atoms with Crippen molar-refractivity contribution >= 4 is 34.4 Å². The van der Waals surface area contributed by atoms with Gasteiger partial charge in [-0.3, -0.25) is 9.59 Å². The number of Topliss-reactive ketones (excluding diaryl/α,β-unsaturated/α-hetero) is 1. The number of ketones is 1. The second kappa shape index (κ2) is 11.9. The largest absolute Gasteiger partial charge is 0.481 e. The van der Waals surface area contributed by atoms with E-state index in [0.29, 0.717) is 39.7 Å². The molecule has 4 rings (SSSR count). The molecule has 2 aromatic heterocycles. The highest BCUT2D eigenvalue weighted by atomic mass is 35.5. The maximum Gasteiger partial charge on any atom is 0.303 e. The number of aliphatic carboxylic acids is 1. The van der Waals surface area contributed by atoms with Crippen molar-refractivity contribution < 1.29 is 19.4 Å². The average Bonchev–Trinajstić information content (AvgIpc) is 3.13. The summed E-state index contributed by atoms with van der Waals surface area (Å²) in [6, 6.07) is 11.6. The van der Waals surface area contributed by atoms with Crippen LogP contribution in [0.3, 0.4) is 0 Å². The number of ether oxygens (including phenoxy) is 1. The van der Waals surface area contributed by atoms with E-state index in [0.717, 1.165) is 43.4 Å². The lowest BCUT2D eigenvalue weighted by Gasteiger charge is -2.29. The van der Waals surface area contributed by atoms with Gasteiger partial charge in [0.15, 0.2) is 5.78 Å². The predicted octanol–water partition coefficient (Wildman–Crippen LogP) is 6.10. The highest BCUT2D eigenvalue weighted by Gasteiger charge is 2.28. The molecule has 0 aliphatic heterocycles. The van der Waals surface area contributed by atoms with Gasteiger partial charge >= 0.3 is 5.97 Å². The van der Waals surface area contributed by atoms with E-state index in [9.17, 15) is 14.9 Å². The molecule has 3 aromatic rings. The van der Waals surface area contributed by atoms with E-state index in [1.54, 1.807) is 13.0 Å². The number of aromatic nitrogens is 2. The van der Waals surface area contributed by atoms with Crippen molar-refractivity contribution in [3.8, 4) is 6.07 Å². The van der Waals surface area contributed by atoms with Gasteiger partial charge in [0.1, 0.15) is 11.7 Å². The highest BCUT2D eigenvalue weighted by Crippen LogP contribution is 2.34. The van der Waals surface area contributed by atoms with Crippen LogP contribution in [0.15, 0.2) is 36.5 Å². The van der Waals surface area contributed by atoms with Crippen molar-refractivity contribution in [2.45, 2.75) is 64.6 Å². The van der Waals surface area contributed by atoms with Crippen LogP contribution in [0.2, 0.25) is 5.02 Å². The predicted molar refractivity (Wildman–Crippen MR) is 141 cm³/mol. The highest BCUT2D eigenvalue weighted by molar-refractivity contribution is 6.30. The number of aryl methyl sites for hydroxylation is 1. The summed E-state index contributed by atoms with van der Waals surface area (Å²) in [4.78, 5) is 29.1. The fourth-order valence-electron chi connectivity index (χ4n) is 5.38. The number of carboxylic acids is 1. The number of hydrogen-bond donors (Lipinski definition) is 1. The topological polar surface area (TPSA) is 105 Å². The average molecular weight is 522 g/mol. The molecule has 8 heteroatoms. The summed E-state index contributed by atoms with van der Waals surface area (Å²) in [5, 5.41) is 19.9. The molecule has 1 aliphatic rings. The number of nitriles is 1. The first kappa shape index (κ1) is 26.8. The van der Waals surface area contributed by atoms with Crippen LogP contribution in [0.4, 0.5) is 0 Å². The van der Waals surface area contributed by atoms with Crippen molar-refractivity contribution in [3.05, 3.63) is 63.9 Å². The third-order valence-electron chi connectivity index (χ3n) is 7.26. The summed E-state index contributed by atoms with van der Waals surface area (Å²) in [5.74, 6) is -0.897. The molecule has 1 aromatic carbocycles. The molecule has 0 bridgehead atoms. The molecule has 1 atom stereocenters. The molecule has 0 radical (unpaired) electrons. The van der Waals surface area contributed by atoms with Gasteiger partial charge < -0.3 is 14.4 Å². The Hall–Kier alpha value is -3.21. The second-order valence-electron chi connectivity index (χ2n) is 10.2. The van der Waals surface area contributed by atoms with Crippen LogP contribution in [-0.2, 0) is 29.6 Å². The Morgan fingerprint density at radius 3 is 2.68 bits per heavy atom. The van der Waals surface area contributed by atoms with Crippen molar-refractivity contribution in [3.63, 3.8) is 0 Å². The Morgan fingerprint density at radius 2 is 2.00 bits per heavy atom. The maximum atomic E-state index is 13.5. The first-order valence-electron chi connectivity index (χ1n) is 12.7. The number of fused-ring (bicyclic) bond motifs is 1. The normalized spacial score (nSPS) is 18.4. The second-order valence-corrected chi connectivity index (χ2v) is 10.6. The van der Waals surface area contributed by atoms with Gasteiger partial charge in [-0.15, -0.1) is 0 Å². The minimum Gasteiger partial charge on any atom is -0.481 e. The summed E-state index contributed by atoms with van der Waals surface area (Å²) in [5.41, 5.74) is 3.62. The smallest absolute Gasteiger partial charge is 0.303 e. The van der Waals surface area contributed by atoms with E-state index in [-0.39, 0.29) is 30.6 Å². The summed E-state index contributed by atoms with van der Waals surface area (Å²) >= 11 is 6.08. The molecule has 1 fully saturated rings. The summed E-state index contributed by atoms with van der Waals surface area (Å²) in [7, 11) is 1.91. The van der Waals surface area contributed by atoms with Crippen LogP contribution in [0.1, 0.15) is 72.6 Å². The van der Waals surface area contributed by atoms with Gasteiger partial charge in [0.2, 0.25) is 0 Å².